The Morgan fingerprint density at radius 3 is 3.00 bits per heavy atom. The van der Waals surface area contributed by atoms with Gasteiger partial charge >= 0.3 is 0 Å². The van der Waals surface area contributed by atoms with Crippen molar-refractivity contribution in [2.45, 2.75) is 17.4 Å². The maximum absolute atomic E-state index is 12.8. The lowest BCUT2D eigenvalue weighted by atomic mass is 10.3. The number of hydrogen-bond acceptors (Lipinski definition) is 5. The van der Waals surface area contributed by atoms with E-state index in [1.54, 1.807) is 24.9 Å². The maximum Gasteiger partial charge on any atom is 0.246 e. The summed E-state index contributed by atoms with van der Waals surface area (Å²) in [5.74, 6) is 1.78. The summed E-state index contributed by atoms with van der Waals surface area (Å²) in [6.45, 7) is 0.688. The summed E-state index contributed by atoms with van der Waals surface area (Å²) in [7, 11) is -2.08. The third-order valence-electron chi connectivity index (χ3n) is 3.14. The van der Waals surface area contributed by atoms with Crippen LogP contribution in [0.5, 0.6) is 0 Å². The lowest BCUT2D eigenvalue weighted by Gasteiger charge is -2.27. The van der Waals surface area contributed by atoms with Gasteiger partial charge < -0.3 is 4.74 Å². The molecule has 2 rings (SSSR count). The Labute approximate surface area is 128 Å². The smallest absolute Gasteiger partial charge is 0.246 e. The molecule has 1 aromatic heterocycles. The van der Waals surface area contributed by atoms with E-state index in [0.717, 1.165) is 17.9 Å². The zero-order valence-electron chi connectivity index (χ0n) is 11.2. The molecule has 0 spiro atoms. The molecule has 1 aliphatic rings. The first-order valence-corrected chi connectivity index (χ1v) is 9.23. The molecule has 112 valence electrons. The Kier molecular flexibility index (Phi) is 5.68. The summed E-state index contributed by atoms with van der Waals surface area (Å²) >= 11 is 7.70. The highest BCUT2D eigenvalue weighted by Gasteiger charge is 2.34. The fourth-order valence-electron chi connectivity index (χ4n) is 2.12. The molecule has 1 unspecified atom stereocenters. The minimum Gasteiger partial charge on any atom is -0.383 e. The van der Waals surface area contributed by atoms with Crippen molar-refractivity contribution in [3.63, 3.8) is 0 Å². The molecular formula is C12H17ClN2O3S2. The molecule has 1 fully saturated rings. The van der Waals surface area contributed by atoms with Crippen molar-refractivity contribution in [3.8, 4) is 0 Å². The zero-order valence-corrected chi connectivity index (χ0v) is 13.5. The SMILES string of the molecule is COCCN(C1CCSC1)S(=O)(=O)c1cccnc1Cl. The Bertz CT molecular complexity index is 547. The molecule has 1 atom stereocenters. The van der Waals surface area contributed by atoms with Crippen molar-refractivity contribution >= 4 is 33.4 Å². The van der Waals surface area contributed by atoms with E-state index in [0.29, 0.717) is 13.2 Å². The van der Waals surface area contributed by atoms with E-state index in [2.05, 4.69) is 4.98 Å². The molecule has 1 aromatic rings. The van der Waals surface area contributed by atoms with Crippen molar-refractivity contribution in [2.24, 2.45) is 0 Å². The predicted molar refractivity (Wildman–Crippen MR) is 80.7 cm³/mol. The highest BCUT2D eigenvalue weighted by atomic mass is 35.5. The van der Waals surface area contributed by atoms with E-state index in [1.807, 2.05) is 0 Å². The summed E-state index contributed by atoms with van der Waals surface area (Å²) in [6.07, 6.45) is 2.33. The number of halogens is 1. The standard InChI is InChI=1S/C12H17ClN2O3S2/c1-18-7-6-15(10-4-8-19-9-10)20(16,17)11-3-2-5-14-12(11)13/h2-3,5,10H,4,6-9H2,1H3. The Hall–Kier alpha value is -0.340. The third kappa shape index (κ3) is 3.46. The molecule has 1 aliphatic heterocycles. The number of pyridine rings is 1. The number of hydrogen-bond donors (Lipinski definition) is 0. The second-order valence-electron chi connectivity index (χ2n) is 4.42. The van der Waals surface area contributed by atoms with Gasteiger partial charge in [-0.3, -0.25) is 0 Å². The minimum absolute atomic E-state index is 0.00331. The van der Waals surface area contributed by atoms with Gasteiger partial charge in [0.05, 0.1) is 6.61 Å². The van der Waals surface area contributed by atoms with Crippen LogP contribution in [0.15, 0.2) is 23.2 Å². The van der Waals surface area contributed by atoms with Crippen molar-refractivity contribution < 1.29 is 13.2 Å². The summed E-state index contributed by atoms with van der Waals surface area (Å²) < 4.78 is 32.1. The van der Waals surface area contributed by atoms with E-state index < -0.39 is 10.0 Å². The lowest BCUT2D eigenvalue weighted by Crippen LogP contribution is -2.42. The highest BCUT2D eigenvalue weighted by Crippen LogP contribution is 2.29. The fraction of sp³-hybridized carbons (Fsp3) is 0.583. The molecule has 0 aliphatic carbocycles. The van der Waals surface area contributed by atoms with Gasteiger partial charge in [0.15, 0.2) is 0 Å². The molecule has 0 bridgehead atoms. The van der Waals surface area contributed by atoms with E-state index in [1.165, 1.54) is 16.6 Å². The quantitative estimate of drug-likeness (QED) is 0.742. The van der Waals surface area contributed by atoms with Gasteiger partial charge in [-0.15, -0.1) is 0 Å². The van der Waals surface area contributed by atoms with Crippen molar-refractivity contribution in [1.29, 1.82) is 0 Å². The fourth-order valence-corrected chi connectivity index (χ4v) is 5.51. The van der Waals surface area contributed by atoms with Gasteiger partial charge in [0.25, 0.3) is 0 Å². The Morgan fingerprint density at radius 1 is 1.60 bits per heavy atom. The molecule has 0 aromatic carbocycles. The van der Waals surface area contributed by atoms with Crippen LogP contribution in [0.3, 0.4) is 0 Å². The van der Waals surface area contributed by atoms with Crippen LogP contribution in [0.2, 0.25) is 5.15 Å². The molecule has 20 heavy (non-hydrogen) atoms. The van der Waals surface area contributed by atoms with Gasteiger partial charge in [0.1, 0.15) is 10.0 Å². The molecule has 0 saturated carbocycles. The van der Waals surface area contributed by atoms with Crippen molar-refractivity contribution in [2.75, 3.05) is 31.8 Å². The molecule has 8 heteroatoms. The van der Waals surface area contributed by atoms with Crippen LogP contribution in [-0.4, -0.2) is 55.5 Å². The Morgan fingerprint density at radius 2 is 2.40 bits per heavy atom. The molecule has 2 heterocycles. The van der Waals surface area contributed by atoms with Gasteiger partial charge in [-0.25, -0.2) is 13.4 Å². The van der Waals surface area contributed by atoms with Crippen LogP contribution in [0.1, 0.15) is 6.42 Å². The second-order valence-corrected chi connectivity index (χ2v) is 7.79. The number of thioether (sulfide) groups is 1. The van der Waals surface area contributed by atoms with Crippen LogP contribution in [0, 0.1) is 0 Å². The molecule has 1 saturated heterocycles. The predicted octanol–water partition coefficient (Wildman–Crippen LogP) is 1.88. The van der Waals surface area contributed by atoms with E-state index in [-0.39, 0.29) is 16.1 Å². The molecule has 0 N–H and O–H groups in total. The van der Waals surface area contributed by atoms with Crippen molar-refractivity contribution in [3.05, 3.63) is 23.5 Å². The van der Waals surface area contributed by atoms with E-state index >= 15 is 0 Å². The summed E-state index contributed by atoms with van der Waals surface area (Å²) in [5, 5.41) is 0.0144. The van der Waals surface area contributed by atoms with Gasteiger partial charge in [0, 0.05) is 31.6 Å². The van der Waals surface area contributed by atoms with Crippen LogP contribution < -0.4 is 0 Å². The van der Waals surface area contributed by atoms with Gasteiger partial charge in [-0.2, -0.15) is 16.1 Å². The first-order valence-electron chi connectivity index (χ1n) is 6.26. The number of methoxy groups -OCH3 is 1. The summed E-state index contributed by atoms with van der Waals surface area (Å²) in [4.78, 5) is 3.92. The number of sulfonamides is 1. The van der Waals surface area contributed by atoms with Gasteiger partial charge in [0.2, 0.25) is 10.0 Å². The average Bonchev–Trinajstić information content (AvgIpc) is 2.93. The number of rotatable bonds is 6. The zero-order chi connectivity index (χ0) is 14.6. The first-order chi connectivity index (χ1) is 9.57. The van der Waals surface area contributed by atoms with E-state index in [4.69, 9.17) is 16.3 Å². The third-order valence-corrected chi connectivity index (χ3v) is 6.68. The van der Waals surface area contributed by atoms with Crippen LogP contribution in [0.25, 0.3) is 0 Å². The van der Waals surface area contributed by atoms with Crippen LogP contribution in [-0.2, 0) is 14.8 Å². The van der Waals surface area contributed by atoms with E-state index in [9.17, 15) is 8.42 Å². The first kappa shape index (κ1) is 16.0. The number of ether oxygens (including phenoxy) is 1. The Balaban J connectivity index is 2.33. The number of nitrogens with zero attached hydrogens (tertiary/aromatic N) is 2. The second kappa shape index (κ2) is 7.09. The highest BCUT2D eigenvalue weighted by molar-refractivity contribution is 7.99. The molecular weight excluding hydrogens is 320 g/mol. The summed E-state index contributed by atoms with van der Waals surface area (Å²) in [5.41, 5.74) is 0. The van der Waals surface area contributed by atoms with Gasteiger partial charge in [-0.1, -0.05) is 11.6 Å². The maximum atomic E-state index is 12.8. The lowest BCUT2D eigenvalue weighted by molar-refractivity contribution is 0.169. The summed E-state index contributed by atoms with van der Waals surface area (Å²) in [6, 6.07) is 3.07. The number of aromatic nitrogens is 1. The van der Waals surface area contributed by atoms with Crippen LogP contribution >= 0.6 is 23.4 Å². The normalized spacial score (nSPS) is 19.6. The minimum atomic E-state index is -3.64. The van der Waals surface area contributed by atoms with Gasteiger partial charge in [-0.05, 0) is 24.3 Å². The molecule has 0 radical (unpaired) electrons. The topological polar surface area (TPSA) is 59.5 Å². The average molecular weight is 337 g/mol. The molecule has 0 amide bonds. The molecule has 5 nitrogen and oxygen atoms in total. The monoisotopic (exact) mass is 336 g/mol. The van der Waals surface area contributed by atoms with Crippen molar-refractivity contribution in [1.82, 2.24) is 9.29 Å². The largest absolute Gasteiger partial charge is 0.383 e. The van der Waals surface area contributed by atoms with Crippen LogP contribution in [0.4, 0.5) is 0 Å².